The lowest BCUT2D eigenvalue weighted by atomic mass is 9.97. The number of carbonyl (C=O) groups excluding carboxylic acids is 1. The Bertz CT molecular complexity index is 1020. The molecule has 2 bridgehead atoms. The summed E-state index contributed by atoms with van der Waals surface area (Å²) in [5.74, 6) is -0.153. The average Bonchev–Trinajstić information content (AvgIpc) is 3.15. The Morgan fingerprint density at radius 2 is 2.13 bits per heavy atom. The van der Waals surface area contributed by atoms with Gasteiger partial charge in [0, 0.05) is 18.5 Å². The Labute approximate surface area is 176 Å². The molecule has 0 spiro atoms. The van der Waals surface area contributed by atoms with E-state index in [1.54, 1.807) is 6.92 Å². The van der Waals surface area contributed by atoms with Crippen molar-refractivity contribution in [1.29, 1.82) is 0 Å². The number of nitrogens with one attached hydrogen (secondary N) is 1. The lowest BCUT2D eigenvalue weighted by Gasteiger charge is -2.31. The summed E-state index contributed by atoms with van der Waals surface area (Å²) >= 11 is 0. The van der Waals surface area contributed by atoms with E-state index in [9.17, 15) is 9.90 Å². The van der Waals surface area contributed by atoms with Crippen LogP contribution in [0.15, 0.2) is 42.6 Å². The average molecular weight is 409 g/mol. The van der Waals surface area contributed by atoms with Gasteiger partial charge >= 0.3 is 0 Å². The Morgan fingerprint density at radius 1 is 1.33 bits per heavy atom. The molecule has 3 atom stereocenters. The van der Waals surface area contributed by atoms with E-state index < -0.39 is 18.2 Å². The second-order valence-electron chi connectivity index (χ2n) is 7.77. The van der Waals surface area contributed by atoms with E-state index in [0.29, 0.717) is 6.61 Å². The highest BCUT2D eigenvalue weighted by Gasteiger charge is 2.30. The number of carbonyl (C=O) groups is 1. The number of fused-ring (bicyclic) bond motifs is 4. The number of rotatable bonds is 3. The molecule has 3 heterocycles. The minimum atomic E-state index is -0.734. The number of pyridine rings is 1. The van der Waals surface area contributed by atoms with Gasteiger partial charge in [-0.15, -0.1) is 0 Å². The van der Waals surface area contributed by atoms with Crippen molar-refractivity contribution in [3.63, 3.8) is 0 Å². The van der Waals surface area contributed by atoms with Crippen LogP contribution in [-0.4, -0.2) is 44.6 Å². The first-order valence-electron chi connectivity index (χ1n) is 10.5. The van der Waals surface area contributed by atoms with Crippen LogP contribution in [0, 0.1) is 0 Å². The minimum absolute atomic E-state index is 0.153. The third-order valence-corrected chi connectivity index (χ3v) is 5.53. The SMILES string of the molecule is CCn1ncc2cc3nc(c21)CCCO[C@@H]([C@H](C)O)[C@@H](c1ccccc1)NC(=O)C3. The standard InChI is InChI=1S/C23H28N4O3/c1-3-27-22-17(14-24-27)12-18-13-20(29)26-21(16-8-5-4-6-9-16)23(15(2)28)30-11-7-10-19(22)25-18/h4-6,8-9,12,14-15,21,23,28H,3,7,10-11,13H2,1-2H3,(H,26,29)/t15-,21+,23-/m0/s1. The predicted molar refractivity (Wildman–Crippen MR) is 114 cm³/mol. The maximum atomic E-state index is 12.9. The molecule has 158 valence electrons. The zero-order valence-electron chi connectivity index (χ0n) is 17.4. The normalized spacial score (nSPS) is 21.5. The second kappa shape index (κ2) is 8.93. The lowest BCUT2D eigenvalue weighted by Crippen LogP contribution is -2.43. The van der Waals surface area contributed by atoms with E-state index in [0.717, 1.165) is 47.2 Å². The fraction of sp³-hybridized carbons (Fsp3) is 0.435. The van der Waals surface area contributed by atoms with Crippen LogP contribution in [0.5, 0.6) is 0 Å². The van der Waals surface area contributed by atoms with Crippen molar-refractivity contribution in [2.24, 2.45) is 0 Å². The van der Waals surface area contributed by atoms with Crippen LogP contribution < -0.4 is 5.32 Å². The molecule has 2 N–H and O–H groups in total. The Morgan fingerprint density at radius 3 is 2.87 bits per heavy atom. The largest absolute Gasteiger partial charge is 0.391 e. The topological polar surface area (TPSA) is 89.3 Å². The molecule has 1 aliphatic heterocycles. The minimum Gasteiger partial charge on any atom is -0.391 e. The Balaban J connectivity index is 1.70. The van der Waals surface area contributed by atoms with Gasteiger partial charge in [0.25, 0.3) is 0 Å². The molecule has 1 aliphatic rings. The van der Waals surface area contributed by atoms with Gasteiger partial charge in [-0.3, -0.25) is 14.5 Å². The number of nitrogens with zero attached hydrogens (tertiary/aromatic N) is 3. The summed E-state index contributed by atoms with van der Waals surface area (Å²) in [5, 5.41) is 18.9. The summed E-state index contributed by atoms with van der Waals surface area (Å²) in [6, 6.07) is 11.2. The molecule has 2 aromatic heterocycles. The highest BCUT2D eigenvalue weighted by atomic mass is 16.5. The predicted octanol–water partition coefficient (Wildman–Crippen LogP) is 2.56. The fourth-order valence-corrected chi connectivity index (χ4v) is 4.14. The Kier molecular flexibility index (Phi) is 6.11. The molecular weight excluding hydrogens is 380 g/mol. The highest BCUT2D eigenvalue weighted by Crippen LogP contribution is 2.25. The fourth-order valence-electron chi connectivity index (χ4n) is 4.14. The summed E-state index contributed by atoms with van der Waals surface area (Å²) < 4.78 is 8.04. The van der Waals surface area contributed by atoms with Gasteiger partial charge in [-0.2, -0.15) is 5.10 Å². The van der Waals surface area contributed by atoms with Crippen LogP contribution >= 0.6 is 0 Å². The molecular formula is C23H28N4O3. The molecule has 0 saturated heterocycles. The molecule has 4 rings (SSSR count). The van der Waals surface area contributed by atoms with Gasteiger partial charge in [-0.25, -0.2) is 0 Å². The van der Waals surface area contributed by atoms with E-state index in [1.165, 1.54) is 0 Å². The quantitative estimate of drug-likeness (QED) is 0.695. The molecule has 30 heavy (non-hydrogen) atoms. The molecule has 3 aromatic rings. The number of aryl methyl sites for hydroxylation is 2. The Hall–Kier alpha value is -2.77. The van der Waals surface area contributed by atoms with Crippen molar-refractivity contribution in [2.45, 2.75) is 57.9 Å². The van der Waals surface area contributed by atoms with E-state index in [1.807, 2.05) is 47.3 Å². The first-order chi connectivity index (χ1) is 14.6. The molecule has 1 amide bonds. The number of ether oxygens (including phenoxy) is 1. The smallest absolute Gasteiger partial charge is 0.226 e. The van der Waals surface area contributed by atoms with Gasteiger partial charge < -0.3 is 15.2 Å². The molecule has 0 aliphatic carbocycles. The summed E-state index contributed by atoms with van der Waals surface area (Å²) in [6.07, 6.45) is 2.21. The van der Waals surface area contributed by atoms with Gasteiger partial charge in [0.15, 0.2) is 0 Å². The van der Waals surface area contributed by atoms with Crippen molar-refractivity contribution in [3.05, 3.63) is 59.5 Å². The molecule has 0 radical (unpaired) electrons. The van der Waals surface area contributed by atoms with Gasteiger partial charge in [0.05, 0.1) is 41.7 Å². The number of benzene rings is 1. The monoisotopic (exact) mass is 408 g/mol. The van der Waals surface area contributed by atoms with Crippen LogP contribution in [0.4, 0.5) is 0 Å². The van der Waals surface area contributed by atoms with Crippen molar-refractivity contribution >= 4 is 16.8 Å². The molecule has 7 heteroatoms. The van der Waals surface area contributed by atoms with Crippen LogP contribution in [0.3, 0.4) is 0 Å². The summed E-state index contributed by atoms with van der Waals surface area (Å²) in [7, 11) is 0. The summed E-state index contributed by atoms with van der Waals surface area (Å²) in [6.45, 7) is 4.97. The maximum Gasteiger partial charge on any atom is 0.226 e. The molecule has 0 saturated carbocycles. The van der Waals surface area contributed by atoms with Crippen molar-refractivity contribution < 1.29 is 14.6 Å². The summed E-state index contributed by atoms with van der Waals surface area (Å²) in [4.78, 5) is 17.7. The number of aliphatic hydroxyl groups excluding tert-OH is 1. The van der Waals surface area contributed by atoms with E-state index in [2.05, 4.69) is 17.3 Å². The number of hydrogen-bond acceptors (Lipinski definition) is 5. The van der Waals surface area contributed by atoms with Crippen molar-refractivity contribution in [3.8, 4) is 0 Å². The van der Waals surface area contributed by atoms with Gasteiger partial charge in [-0.05, 0) is 38.3 Å². The van der Waals surface area contributed by atoms with Crippen LogP contribution in [0.25, 0.3) is 10.9 Å². The van der Waals surface area contributed by atoms with Crippen LogP contribution in [0.1, 0.15) is 43.3 Å². The third kappa shape index (κ3) is 4.22. The lowest BCUT2D eigenvalue weighted by molar-refractivity contribution is -0.124. The molecule has 0 fully saturated rings. The van der Waals surface area contributed by atoms with E-state index in [4.69, 9.17) is 9.72 Å². The molecule has 0 unspecified atom stereocenters. The number of hydrogen-bond donors (Lipinski definition) is 2. The third-order valence-electron chi connectivity index (χ3n) is 5.53. The first kappa shape index (κ1) is 20.5. The first-order valence-corrected chi connectivity index (χ1v) is 10.5. The zero-order chi connectivity index (χ0) is 21.1. The van der Waals surface area contributed by atoms with Crippen molar-refractivity contribution in [2.75, 3.05) is 6.61 Å². The maximum absolute atomic E-state index is 12.9. The molecule has 1 aromatic carbocycles. The number of amides is 1. The van der Waals surface area contributed by atoms with Gasteiger partial charge in [0.2, 0.25) is 5.91 Å². The van der Waals surface area contributed by atoms with E-state index in [-0.39, 0.29) is 12.3 Å². The molecule has 7 nitrogen and oxygen atoms in total. The van der Waals surface area contributed by atoms with E-state index >= 15 is 0 Å². The second-order valence-corrected chi connectivity index (χ2v) is 7.77. The zero-order valence-corrected chi connectivity index (χ0v) is 17.4. The highest BCUT2D eigenvalue weighted by molar-refractivity contribution is 5.84. The number of aliphatic hydroxyl groups is 1. The number of aromatic nitrogens is 3. The summed E-state index contributed by atoms with van der Waals surface area (Å²) in [5.41, 5.74) is 3.59. The van der Waals surface area contributed by atoms with Crippen LogP contribution in [-0.2, 0) is 28.9 Å². The van der Waals surface area contributed by atoms with Crippen LogP contribution in [0.2, 0.25) is 0 Å². The van der Waals surface area contributed by atoms with Gasteiger partial charge in [0.1, 0.15) is 6.10 Å². The van der Waals surface area contributed by atoms with Crippen molar-refractivity contribution in [1.82, 2.24) is 20.1 Å². The van der Waals surface area contributed by atoms with Gasteiger partial charge in [-0.1, -0.05) is 30.3 Å².